The average molecular weight is 449 g/mol. The second-order valence-corrected chi connectivity index (χ2v) is 7.52. The Labute approximate surface area is 189 Å². The molecule has 0 unspecified atom stereocenters. The Morgan fingerprint density at radius 3 is 2.22 bits per heavy atom. The molecule has 178 valence electrons. The van der Waals surface area contributed by atoms with Crippen molar-refractivity contribution in [3.63, 3.8) is 0 Å². The molecule has 9 nitrogen and oxygen atoms in total. The molecule has 32 heavy (non-hydrogen) atoms. The van der Waals surface area contributed by atoms with Gasteiger partial charge in [-0.25, -0.2) is 0 Å². The van der Waals surface area contributed by atoms with Gasteiger partial charge in [-0.2, -0.15) is 0 Å². The molecule has 0 atom stereocenters. The largest absolute Gasteiger partial charge is 0.508 e. The van der Waals surface area contributed by atoms with Crippen LogP contribution in [0, 0.1) is 0 Å². The van der Waals surface area contributed by atoms with E-state index in [9.17, 15) is 15.0 Å². The fraction of sp³-hybridized carbons (Fsp3) is 0.522. The van der Waals surface area contributed by atoms with Crippen molar-refractivity contribution in [2.75, 3.05) is 59.0 Å². The number of Topliss-reactive ketones (excluding diaryl/α,β-unsaturated/α-hetero) is 1. The van der Waals surface area contributed by atoms with E-state index in [1.807, 2.05) is 13.0 Å². The first-order valence-corrected chi connectivity index (χ1v) is 11.1. The number of carbonyl (C=O) groups excluding carboxylic acids is 1. The number of rotatable bonds is 15. The fourth-order valence-electron chi connectivity index (χ4n) is 3.68. The summed E-state index contributed by atoms with van der Waals surface area (Å²) in [5.74, 6) is -0.458. The lowest BCUT2D eigenvalue weighted by molar-refractivity contribution is 0.102. The smallest absolute Gasteiger partial charge is 0.199 e. The van der Waals surface area contributed by atoms with E-state index in [1.165, 1.54) is 12.1 Å². The average Bonchev–Trinajstić information content (AvgIpc) is 2.78. The lowest BCUT2D eigenvalue weighted by atomic mass is 9.82. The Balaban J connectivity index is 2.28. The molecule has 0 spiro atoms. The third-order valence-electron chi connectivity index (χ3n) is 5.15. The van der Waals surface area contributed by atoms with Gasteiger partial charge in [-0.3, -0.25) is 4.79 Å². The predicted molar refractivity (Wildman–Crippen MR) is 124 cm³/mol. The second-order valence-electron chi connectivity index (χ2n) is 7.52. The summed E-state index contributed by atoms with van der Waals surface area (Å²) < 4.78 is 0. The van der Waals surface area contributed by atoms with Crippen molar-refractivity contribution in [3.8, 4) is 11.5 Å². The Morgan fingerprint density at radius 1 is 0.938 bits per heavy atom. The number of phenols is 2. The van der Waals surface area contributed by atoms with E-state index in [1.54, 1.807) is 0 Å². The number of carbonyl (C=O) groups is 1. The molecular weight excluding hydrogens is 412 g/mol. The Kier molecular flexibility index (Phi) is 11.2. The van der Waals surface area contributed by atoms with Gasteiger partial charge in [-0.15, -0.1) is 0 Å². The maximum absolute atomic E-state index is 13.5. The third kappa shape index (κ3) is 7.04. The molecule has 0 amide bonds. The molecule has 0 fully saturated rings. The van der Waals surface area contributed by atoms with E-state index < -0.39 is 0 Å². The standard InChI is InChI=1S/C23H36N4O5/c1-2-3-18(27-9-8-25-11-13-29)21-16(15-26-7-6-24-10-12-28)14-17-19(30)4-5-20(31)22(17)23(21)32/h3-5,24-31H,2,6-15H2,1H3/b18-3+. The maximum Gasteiger partial charge on any atom is 0.199 e. The first-order valence-electron chi connectivity index (χ1n) is 11.1. The number of hydrogen-bond donors (Lipinski definition) is 8. The monoisotopic (exact) mass is 448 g/mol. The first kappa shape index (κ1) is 25.8. The van der Waals surface area contributed by atoms with Crippen LogP contribution >= 0.6 is 0 Å². The second kappa shape index (κ2) is 13.9. The first-order chi connectivity index (χ1) is 15.5. The van der Waals surface area contributed by atoms with Gasteiger partial charge in [0.05, 0.1) is 18.8 Å². The van der Waals surface area contributed by atoms with Crippen LogP contribution in [0.5, 0.6) is 11.5 Å². The molecular formula is C23H36N4O5. The maximum atomic E-state index is 13.5. The zero-order chi connectivity index (χ0) is 23.3. The summed E-state index contributed by atoms with van der Waals surface area (Å²) in [6.45, 7) is 6.09. The zero-order valence-corrected chi connectivity index (χ0v) is 18.7. The van der Waals surface area contributed by atoms with Gasteiger partial charge in [-0.1, -0.05) is 13.0 Å². The van der Waals surface area contributed by atoms with Crippen molar-refractivity contribution in [2.24, 2.45) is 0 Å². The van der Waals surface area contributed by atoms with E-state index >= 15 is 0 Å². The highest BCUT2D eigenvalue weighted by atomic mass is 16.3. The third-order valence-corrected chi connectivity index (χ3v) is 5.15. The molecule has 0 bridgehead atoms. The van der Waals surface area contributed by atoms with Crippen molar-refractivity contribution in [1.82, 2.24) is 21.3 Å². The predicted octanol–water partition coefficient (Wildman–Crippen LogP) is -0.230. The number of fused-ring (bicyclic) bond motifs is 1. The molecule has 9 heteroatoms. The number of allylic oxidation sites excluding steroid dienone is 2. The highest BCUT2D eigenvalue weighted by Crippen LogP contribution is 2.38. The van der Waals surface area contributed by atoms with Crippen molar-refractivity contribution in [1.29, 1.82) is 0 Å². The van der Waals surface area contributed by atoms with E-state index in [4.69, 9.17) is 10.2 Å². The minimum Gasteiger partial charge on any atom is -0.508 e. The molecule has 0 saturated heterocycles. The van der Waals surface area contributed by atoms with Gasteiger partial charge in [0.15, 0.2) is 5.78 Å². The molecule has 0 radical (unpaired) electrons. The molecule has 1 aliphatic rings. The van der Waals surface area contributed by atoms with Gasteiger partial charge in [0.2, 0.25) is 0 Å². The van der Waals surface area contributed by atoms with Gasteiger partial charge in [0.25, 0.3) is 0 Å². The zero-order valence-electron chi connectivity index (χ0n) is 18.7. The normalized spacial score (nSPS) is 14.1. The number of aromatic hydroxyl groups is 2. The van der Waals surface area contributed by atoms with Crippen molar-refractivity contribution in [2.45, 2.75) is 19.8 Å². The van der Waals surface area contributed by atoms with Gasteiger partial charge < -0.3 is 41.7 Å². The highest BCUT2D eigenvalue weighted by Gasteiger charge is 2.32. The lowest BCUT2D eigenvalue weighted by Gasteiger charge is -2.26. The molecule has 0 heterocycles. The topological polar surface area (TPSA) is 146 Å². The SMILES string of the molecule is CC/C=C(/NCCNCCO)C1=C(CNCCNCCO)Cc2c(O)ccc(O)c2C1=O. The van der Waals surface area contributed by atoms with E-state index in [-0.39, 0.29) is 36.1 Å². The number of benzene rings is 1. The Hall–Kier alpha value is -2.43. The quantitative estimate of drug-likeness (QED) is 0.135. The summed E-state index contributed by atoms with van der Waals surface area (Å²) in [5.41, 5.74) is 2.64. The van der Waals surface area contributed by atoms with Crippen LogP contribution in [0.1, 0.15) is 29.3 Å². The van der Waals surface area contributed by atoms with Crippen molar-refractivity contribution >= 4 is 5.78 Å². The molecule has 1 aromatic carbocycles. The number of aliphatic hydroxyl groups excluding tert-OH is 2. The fourth-order valence-corrected chi connectivity index (χ4v) is 3.68. The molecule has 1 aromatic rings. The van der Waals surface area contributed by atoms with Crippen LogP contribution in [-0.4, -0.2) is 85.2 Å². The highest BCUT2D eigenvalue weighted by molar-refractivity contribution is 6.16. The molecule has 0 saturated carbocycles. The van der Waals surface area contributed by atoms with Crippen LogP contribution in [-0.2, 0) is 6.42 Å². The summed E-state index contributed by atoms with van der Waals surface area (Å²) >= 11 is 0. The van der Waals surface area contributed by atoms with Gasteiger partial charge in [-0.05, 0) is 24.1 Å². The van der Waals surface area contributed by atoms with Crippen LogP contribution < -0.4 is 21.3 Å². The minimum atomic E-state index is -0.314. The van der Waals surface area contributed by atoms with Crippen LogP contribution in [0.3, 0.4) is 0 Å². The molecule has 1 aliphatic carbocycles. The molecule has 0 aromatic heterocycles. The van der Waals surface area contributed by atoms with Gasteiger partial charge in [0.1, 0.15) is 11.5 Å². The summed E-state index contributed by atoms with van der Waals surface area (Å²) in [6.07, 6.45) is 3.01. The Bertz CT molecular complexity index is 823. The van der Waals surface area contributed by atoms with E-state index in [0.717, 1.165) is 5.57 Å². The molecule has 8 N–H and O–H groups in total. The van der Waals surface area contributed by atoms with Crippen LogP contribution in [0.4, 0.5) is 0 Å². The van der Waals surface area contributed by atoms with Crippen LogP contribution in [0.25, 0.3) is 0 Å². The molecule has 0 aliphatic heterocycles. The lowest BCUT2D eigenvalue weighted by Crippen LogP contribution is -2.34. The number of phenolic OH excluding ortho intramolecular Hbond substituents is 2. The summed E-state index contributed by atoms with van der Waals surface area (Å²) in [4.78, 5) is 13.5. The summed E-state index contributed by atoms with van der Waals surface area (Å²) in [6, 6.07) is 2.75. The number of hydrogen-bond acceptors (Lipinski definition) is 9. The number of nitrogens with one attached hydrogen (secondary N) is 4. The van der Waals surface area contributed by atoms with Crippen LogP contribution in [0.15, 0.2) is 35.1 Å². The van der Waals surface area contributed by atoms with Crippen LogP contribution in [0.2, 0.25) is 0 Å². The van der Waals surface area contributed by atoms with Crippen molar-refractivity contribution < 1.29 is 25.2 Å². The van der Waals surface area contributed by atoms with Crippen molar-refractivity contribution in [3.05, 3.63) is 46.2 Å². The van der Waals surface area contributed by atoms with E-state index in [2.05, 4.69) is 21.3 Å². The van der Waals surface area contributed by atoms with Gasteiger partial charge >= 0.3 is 0 Å². The summed E-state index contributed by atoms with van der Waals surface area (Å²) in [7, 11) is 0. The van der Waals surface area contributed by atoms with E-state index in [0.29, 0.717) is 75.5 Å². The summed E-state index contributed by atoms with van der Waals surface area (Å²) in [5, 5.41) is 51.3. The van der Waals surface area contributed by atoms with Gasteiger partial charge in [0, 0.05) is 69.1 Å². The number of ketones is 1. The Morgan fingerprint density at radius 2 is 1.56 bits per heavy atom. The molecule has 2 rings (SSSR count). The number of aliphatic hydroxyl groups is 2. The minimum absolute atomic E-state index is 0.00510.